The number of rotatable bonds is 4. The molecule has 0 heterocycles. The van der Waals surface area contributed by atoms with Crippen LogP contribution in [0.3, 0.4) is 0 Å². The fourth-order valence-corrected chi connectivity index (χ4v) is 4.10. The average molecular weight is 378 g/mol. The number of esters is 1. The monoisotopic (exact) mass is 377 g/mol. The smallest absolute Gasteiger partial charge is 0.310 e. The number of hydrogen-bond donors (Lipinski definition) is 0. The molecule has 0 aromatic heterocycles. The number of hydroxylamine groups is 1. The van der Waals surface area contributed by atoms with E-state index in [-0.39, 0.29) is 16.8 Å². The van der Waals surface area contributed by atoms with Crippen molar-refractivity contribution in [1.82, 2.24) is 0 Å². The second kappa shape index (κ2) is 7.81. The van der Waals surface area contributed by atoms with Crippen LogP contribution in [0.5, 0.6) is 0 Å². The molecule has 0 saturated heterocycles. The molecule has 0 aromatic carbocycles. The van der Waals surface area contributed by atoms with Gasteiger partial charge in [-0.25, -0.2) is 4.74 Å². The summed E-state index contributed by atoms with van der Waals surface area (Å²) in [5, 5.41) is 12.5. The Morgan fingerprint density at radius 2 is 1.63 bits per heavy atom. The van der Waals surface area contributed by atoms with Crippen LogP contribution in [0.2, 0.25) is 0 Å². The van der Waals surface area contributed by atoms with Gasteiger partial charge >= 0.3 is 5.97 Å². The van der Waals surface area contributed by atoms with Crippen LogP contribution in [-0.4, -0.2) is 22.5 Å². The van der Waals surface area contributed by atoms with Gasteiger partial charge in [0.15, 0.2) is 11.8 Å². The summed E-state index contributed by atoms with van der Waals surface area (Å²) in [4.78, 5) is 12.3. The first-order valence-corrected chi connectivity index (χ1v) is 9.99. The number of carbonyl (C=O) groups excluding carboxylic acids is 1. The van der Waals surface area contributed by atoms with Crippen molar-refractivity contribution < 1.29 is 14.3 Å². The van der Waals surface area contributed by atoms with E-state index in [1.807, 2.05) is 39.8 Å². The standard InChI is InChI=1S/C23H39NO3/c1-11-12-19(25)27-18-14-13-17(16-24(26)22(8,9)10)15-23(18,20(2,3)4)21(5,6)7/h13-14,16H,11-12,15H2,1-10H3. The van der Waals surface area contributed by atoms with E-state index in [9.17, 15) is 10.0 Å². The van der Waals surface area contributed by atoms with E-state index >= 15 is 0 Å². The number of hydrogen-bond acceptors (Lipinski definition) is 3. The molecule has 0 amide bonds. The van der Waals surface area contributed by atoms with Gasteiger partial charge in [0.05, 0.1) is 0 Å². The number of allylic oxidation sites excluding steroid dienone is 4. The predicted octanol–water partition coefficient (Wildman–Crippen LogP) is 6.00. The van der Waals surface area contributed by atoms with Gasteiger partial charge in [-0.05, 0) is 35.8 Å². The van der Waals surface area contributed by atoms with E-state index in [0.29, 0.717) is 18.6 Å². The van der Waals surface area contributed by atoms with E-state index in [4.69, 9.17) is 4.74 Å². The third-order valence-corrected chi connectivity index (χ3v) is 5.52. The van der Waals surface area contributed by atoms with Crippen molar-refractivity contribution in [3.63, 3.8) is 0 Å². The lowest BCUT2D eigenvalue weighted by Crippen LogP contribution is -2.50. The highest BCUT2D eigenvalue weighted by molar-refractivity contribution is 5.77. The van der Waals surface area contributed by atoms with Crippen molar-refractivity contribution in [2.24, 2.45) is 16.2 Å². The maximum atomic E-state index is 12.5. The van der Waals surface area contributed by atoms with Gasteiger partial charge in [0.1, 0.15) is 5.76 Å². The Hall–Kier alpha value is -1.58. The van der Waals surface area contributed by atoms with Crippen molar-refractivity contribution in [3.05, 3.63) is 28.7 Å². The van der Waals surface area contributed by atoms with Gasteiger partial charge in [0.25, 0.3) is 0 Å². The number of carbonyl (C=O) groups is 1. The molecule has 1 rings (SSSR count). The Kier molecular flexibility index (Phi) is 6.78. The largest absolute Gasteiger partial charge is 0.623 e. The predicted molar refractivity (Wildman–Crippen MR) is 113 cm³/mol. The molecular formula is C23H39NO3. The summed E-state index contributed by atoms with van der Waals surface area (Å²) in [6, 6.07) is 0. The van der Waals surface area contributed by atoms with Crippen molar-refractivity contribution in [2.75, 3.05) is 0 Å². The molecule has 27 heavy (non-hydrogen) atoms. The van der Waals surface area contributed by atoms with Crippen molar-refractivity contribution in [3.8, 4) is 0 Å². The summed E-state index contributed by atoms with van der Waals surface area (Å²) in [6.45, 7) is 20.8. The molecule has 0 unspecified atom stereocenters. The summed E-state index contributed by atoms with van der Waals surface area (Å²) >= 11 is 0. The van der Waals surface area contributed by atoms with Gasteiger partial charge in [0, 0.05) is 38.2 Å². The summed E-state index contributed by atoms with van der Waals surface area (Å²) in [6.07, 6.45) is 7.32. The number of ether oxygens (including phenoxy) is 1. The molecule has 0 spiro atoms. The van der Waals surface area contributed by atoms with Crippen LogP contribution in [0.25, 0.3) is 0 Å². The molecule has 4 nitrogen and oxygen atoms in total. The minimum Gasteiger partial charge on any atom is -0.623 e. The maximum absolute atomic E-state index is 12.5. The molecule has 0 saturated carbocycles. The lowest BCUT2D eigenvalue weighted by atomic mass is 9.50. The van der Waals surface area contributed by atoms with Crippen molar-refractivity contribution >= 4 is 12.2 Å². The summed E-state index contributed by atoms with van der Waals surface area (Å²) in [5.41, 5.74) is -0.300. The highest BCUT2D eigenvalue weighted by Crippen LogP contribution is 2.61. The third-order valence-electron chi connectivity index (χ3n) is 5.52. The Labute approximate surface area is 166 Å². The highest BCUT2D eigenvalue weighted by atomic mass is 16.5. The van der Waals surface area contributed by atoms with Crippen LogP contribution in [-0.2, 0) is 9.53 Å². The molecule has 0 radical (unpaired) electrons. The zero-order valence-electron chi connectivity index (χ0n) is 19.0. The lowest BCUT2D eigenvalue weighted by molar-refractivity contribution is -0.530. The summed E-state index contributed by atoms with van der Waals surface area (Å²) in [5.74, 6) is 0.522. The number of nitrogens with zero attached hydrogens (tertiary/aromatic N) is 1. The fraction of sp³-hybridized carbons (Fsp3) is 0.739. The van der Waals surface area contributed by atoms with Gasteiger partial charge < -0.3 is 9.94 Å². The van der Waals surface area contributed by atoms with Gasteiger partial charge in [-0.3, -0.25) is 4.79 Å². The van der Waals surface area contributed by atoms with Crippen LogP contribution in [0.1, 0.15) is 88.5 Å². The Morgan fingerprint density at radius 1 is 1.11 bits per heavy atom. The normalized spacial score (nSPS) is 18.7. The molecule has 0 fully saturated rings. The summed E-state index contributed by atoms with van der Waals surface area (Å²) in [7, 11) is 0. The highest BCUT2D eigenvalue weighted by Gasteiger charge is 2.56. The summed E-state index contributed by atoms with van der Waals surface area (Å²) < 4.78 is 6.90. The van der Waals surface area contributed by atoms with E-state index in [1.165, 1.54) is 0 Å². The maximum Gasteiger partial charge on any atom is 0.310 e. The third kappa shape index (κ3) is 5.03. The quantitative estimate of drug-likeness (QED) is 0.198. The molecule has 0 N–H and O–H groups in total. The average Bonchev–Trinajstić information content (AvgIpc) is 2.45. The van der Waals surface area contributed by atoms with E-state index < -0.39 is 11.0 Å². The molecular weight excluding hydrogens is 338 g/mol. The molecule has 154 valence electrons. The zero-order valence-corrected chi connectivity index (χ0v) is 19.0. The van der Waals surface area contributed by atoms with E-state index in [0.717, 1.165) is 16.7 Å². The minimum absolute atomic E-state index is 0.174. The van der Waals surface area contributed by atoms with Crippen LogP contribution in [0, 0.1) is 21.5 Å². The molecule has 0 atom stereocenters. The molecule has 1 aliphatic carbocycles. The van der Waals surface area contributed by atoms with Crippen molar-refractivity contribution in [2.45, 2.75) is 94.0 Å². The first-order valence-electron chi connectivity index (χ1n) is 9.99. The second-order valence-corrected chi connectivity index (χ2v) is 10.7. The van der Waals surface area contributed by atoms with E-state index in [1.54, 1.807) is 6.21 Å². The first kappa shape index (κ1) is 23.5. The molecule has 4 heteroatoms. The lowest BCUT2D eigenvalue weighted by Gasteiger charge is -2.55. The molecule has 1 aliphatic rings. The second-order valence-electron chi connectivity index (χ2n) is 10.7. The first-order chi connectivity index (χ1) is 12.1. The van der Waals surface area contributed by atoms with Crippen LogP contribution < -0.4 is 0 Å². The van der Waals surface area contributed by atoms with Gasteiger partial charge in [0.2, 0.25) is 0 Å². The van der Waals surface area contributed by atoms with Crippen LogP contribution >= 0.6 is 0 Å². The molecule has 0 aliphatic heterocycles. The molecule has 0 aromatic rings. The minimum atomic E-state index is -0.495. The Balaban J connectivity index is 3.55. The van der Waals surface area contributed by atoms with Gasteiger partial charge in [-0.2, -0.15) is 0 Å². The molecule has 0 bridgehead atoms. The van der Waals surface area contributed by atoms with E-state index in [2.05, 4.69) is 41.5 Å². The van der Waals surface area contributed by atoms with Crippen molar-refractivity contribution in [1.29, 1.82) is 0 Å². The van der Waals surface area contributed by atoms with Crippen LogP contribution in [0.4, 0.5) is 0 Å². The van der Waals surface area contributed by atoms with Crippen LogP contribution in [0.15, 0.2) is 23.5 Å². The Morgan fingerprint density at radius 3 is 2.04 bits per heavy atom. The zero-order chi connectivity index (χ0) is 21.3. The topological polar surface area (TPSA) is 52.4 Å². The van der Waals surface area contributed by atoms with Gasteiger partial charge in [-0.15, -0.1) is 0 Å². The van der Waals surface area contributed by atoms with Gasteiger partial charge in [-0.1, -0.05) is 48.5 Å². The Bertz CT molecular complexity index is 633. The fourth-order valence-electron chi connectivity index (χ4n) is 4.10. The SMILES string of the molecule is CCCC(=O)OC1=CC=C(C=[N+]([O-])C(C)(C)C)CC1(C(C)(C)C)C(C)(C)C.